The summed E-state index contributed by atoms with van der Waals surface area (Å²) in [5.74, 6) is -0.145. The zero-order valence-electron chi connectivity index (χ0n) is 15.4. The summed E-state index contributed by atoms with van der Waals surface area (Å²) >= 11 is 1.37. The zero-order chi connectivity index (χ0) is 19.1. The van der Waals surface area contributed by atoms with E-state index in [0.29, 0.717) is 22.6 Å². The highest BCUT2D eigenvalue weighted by molar-refractivity contribution is 7.11. The summed E-state index contributed by atoms with van der Waals surface area (Å²) in [6, 6.07) is 1.77. The summed E-state index contributed by atoms with van der Waals surface area (Å²) in [7, 11) is 3.40. The Balaban J connectivity index is 1.74. The number of nitrogens with zero attached hydrogens (tertiary/aromatic N) is 6. The molecule has 0 aromatic carbocycles. The Morgan fingerprint density at radius 1 is 1.30 bits per heavy atom. The van der Waals surface area contributed by atoms with Gasteiger partial charge in [-0.2, -0.15) is 5.10 Å². The number of likely N-dealkylation sites (tertiary alicyclic amines) is 1. The van der Waals surface area contributed by atoms with Gasteiger partial charge in [0.2, 0.25) is 0 Å². The van der Waals surface area contributed by atoms with Crippen molar-refractivity contribution in [2.75, 3.05) is 20.6 Å². The summed E-state index contributed by atoms with van der Waals surface area (Å²) in [4.78, 5) is 38.0. The van der Waals surface area contributed by atoms with E-state index >= 15 is 0 Å². The van der Waals surface area contributed by atoms with Crippen LogP contribution in [0.4, 0.5) is 0 Å². The highest BCUT2D eigenvalue weighted by Crippen LogP contribution is 2.34. The van der Waals surface area contributed by atoms with E-state index in [-0.39, 0.29) is 17.9 Å². The first-order chi connectivity index (χ1) is 13.0. The SMILES string of the molecule is Cc1ncsc1C(=O)N1CCC[C@H]1c1ccnc2c(C(=O)N(C)C)cnn12. The molecule has 27 heavy (non-hydrogen) atoms. The predicted octanol–water partition coefficient (Wildman–Crippen LogP) is 2.17. The van der Waals surface area contributed by atoms with Crippen molar-refractivity contribution < 1.29 is 9.59 Å². The Labute approximate surface area is 160 Å². The van der Waals surface area contributed by atoms with Crippen LogP contribution in [0.5, 0.6) is 0 Å². The second kappa shape index (κ2) is 6.73. The van der Waals surface area contributed by atoms with Crippen LogP contribution in [0.3, 0.4) is 0 Å². The van der Waals surface area contributed by atoms with Gasteiger partial charge in [-0.25, -0.2) is 14.5 Å². The Bertz CT molecular complexity index is 1020. The van der Waals surface area contributed by atoms with Gasteiger partial charge in [0.1, 0.15) is 10.4 Å². The fourth-order valence-electron chi connectivity index (χ4n) is 3.51. The van der Waals surface area contributed by atoms with Gasteiger partial charge in [0.25, 0.3) is 11.8 Å². The highest BCUT2D eigenvalue weighted by Gasteiger charge is 2.34. The van der Waals surface area contributed by atoms with Crippen molar-refractivity contribution in [2.45, 2.75) is 25.8 Å². The standard InChI is InChI=1S/C18H20N6O2S/c1-11-15(27-10-20-11)18(26)23-8-4-5-13(23)14-6-7-19-16-12(9-21-24(14)16)17(25)22(2)3/h6-7,9-10,13H,4-5,8H2,1-3H3/t13-/m0/s1. The Kier molecular flexibility index (Phi) is 4.39. The van der Waals surface area contributed by atoms with Gasteiger partial charge in [0.15, 0.2) is 5.65 Å². The topological polar surface area (TPSA) is 83.7 Å². The maximum atomic E-state index is 13.0. The summed E-state index contributed by atoms with van der Waals surface area (Å²) in [5, 5.41) is 4.40. The molecule has 140 valence electrons. The van der Waals surface area contributed by atoms with Crippen molar-refractivity contribution in [3.05, 3.63) is 45.8 Å². The summed E-state index contributed by atoms with van der Waals surface area (Å²) in [5.41, 5.74) is 4.29. The van der Waals surface area contributed by atoms with E-state index in [1.54, 1.807) is 36.5 Å². The van der Waals surface area contributed by atoms with Gasteiger partial charge in [-0.1, -0.05) is 0 Å². The lowest BCUT2D eigenvalue weighted by Crippen LogP contribution is -2.31. The maximum Gasteiger partial charge on any atom is 0.266 e. The molecule has 4 heterocycles. The van der Waals surface area contributed by atoms with E-state index in [2.05, 4.69) is 15.1 Å². The molecule has 0 bridgehead atoms. The van der Waals surface area contributed by atoms with E-state index in [4.69, 9.17) is 0 Å². The maximum absolute atomic E-state index is 13.0. The van der Waals surface area contributed by atoms with Crippen molar-refractivity contribution in [1.29, 1.82) is 0 Å². The lowest BCUT2D eigenvalue weighted by molar-refractivity contribution is 0.0734. The molecule has 0 aliphatic carbocycles. The minimum atomic E-state index is -0.144. The molecular weight excluding hydrogens is 364 g/mol. The minimum absolute atomic E-state index is 0.000732. The molecule has 0 radical (unpaired) electrons. The Hall–Kier alpha value is -2.81. The van der Waals surface area contributed by atoms with Crippen LogP contribution in [0.25, 0.3) is 5.65 Å². The smallest absolute Gasteiger partial charge is 0.266 e. The molecule has 0 N–H and O–H groups in total. The van der Waals surface area contributed by atoms with Gasteiger partial charge >= 0.3 is 0 Å². The molecule has 1 fully saturated rings. The monoisotopic (exact) mass is 384 g/mol. The summed E-state index contributed by atoms with van der Waals surface area (Å²) in [6.45, 7) is 2.54. The van der Waals surface area contributed by atoms with Crippen LogP contribution in [0.15, 0.2) is 24.0 Å². The molecule has 0 saturated carbocycles. The summed E-state index contributed by atoms with van der Waals surface area (Å²) < 4.78 is 1.69. The lowest BCUT2D eigenvalue weighted by atomic mass is 10.1. The van der Waals surface area contributed by atoms with Crippen LogP contribution in [0.1, 0.15) is 50.3 Å². The quantitative estimate of drug-likeness (QED) is 0.691. The molecule has 0 spiro atoms. The van der Waals surface area contributed by atoms with E-state index in [9.17, 15) is 9.59 Å². The number of carbonyl (C=O) groups is 2. The third-order valence-electron chi connectivity index (χ3n) is 4.86. The van der Waals surface area contributed by atoms with Crippen LogP contribution >= 0.6 is 11.3 Å². The Morgan fingerprint density at radius 3 is 2.81 bits per heavy atom. The Morgan fingerprint density at radius 2 is 2.11 bits per heavy atom. The van der Waals surface area contributed by atoms with Crippen molar-refractivity contribution in [2.24, 2.45) is 0 Å². The van der Waals surface area contributed by atoms with Crippen molar-refractivity contribution in [3.8, 4) is 0 Å². The highest BCUT2D eigenvalue weighted by atomic mass is 32.1. The number of aryl methyl sites for hydroxylation is 1. The second-order valence-electron chi connectivity index (χ2n) is 6.79. The van der Waals surface area contributed by atoms with Gasteiger partial charge in [-0.05, 0) is 25.8 Å². The average molecular weight is 384 g/mol. The number of aromatic nitrogens is 4. The third kappa shape index (κ3) is 2.87. The van der Waals surface area contributed by atoms with E-state index in [1.807, 2.05) is 17.9 Å². The number of amides is 2. The first-order valence-electron chi connectivity index (χ1n) is 8.74. The average Bonchev–Trinajstić information content (AvgIpc) is 3.39. The zero-order valence-corrected chi connectivity index (χ0v) is 16.2. The van der Waals surface area contributed by atoms with Crippen LogP contribution < -0.4 is 0 Å². The van der Waals surface area contributed by atoms with E-state index in [1.165, 1.54) is 16.2 Å². The van der Waals surface area contributed by atoms with Gasteiger partial charge in [0.05, 0.1) is 29.1 Å². The molecular formula is C18H20N6O2S. The normalized spacial score (nSPS) is 16.9. The van der Waals surface area contributed by atoms with Crippen LogP contribution in [0, 0.1) is 6.92 Å². The van der Waals surface area contributed by atoms with Gasteiger partial charge in [-0.3, -0.25) is 9.59 Å². The van der Waals surface area contributed by atoms with Crippen molar-refractivity contribution >= 4 is 28.8 Å². The molecule has 1 aliphatic heterocycles. The van der Waals surface area contributed by atoms with Gasteiger partial charge in [0, 0.05) is 26.8 Å². The fourth-order valence-corrected chi connectivity index (χ4v) is 4.27. The summed E-state index contributed by atoms with van der Waals surface area (Å²) in [6.07, 6.45) is 4.99. The largest absolute Gasteiger partial charge is 0.345 e. The number of hydrogen-bond donors (Lipinski definition) is 0. The molecule has 3 aromatic heterocycles. The number of fused-ring (bicyclic) bond motifs is 1. The molecule has 1 aliphatic rings. The van der Waals surface area contributed by atoms with Gasteiger partial charge in [-0.15, -0.1) is 11.3 Å². The van der Waals surface area contributed by atoms with Gasteiger partial charge < -0.3 is 9.80 Å². The minimum Gasteiger partial charge on any atom is -0.345 e. The molecule has 4 rings (SSSR count). The van der Waals surface area contributed by atoms with Crippen LogP contribution in [0.2, 0.25) is 0 Å². The molecule has 0 unspecified atom stereocenters. The van der Waals surface area contributed by atoms with Crippen LogP contribution in [-0.4, -0.2) is 61.8 Å². The first kappa shape index (κ1) is 17.6. The molecule has 3 aromatic rings. The third-order valence-corrected chi connectivity index (χ3v) is 5.78. The first-order valence-corrected chi connectivity index (χ1v) is 9.62. The second-order valence-corrected chi connectivity index (χ2v) is 7.64. The van der Waals surface area contributed by atoms with Crippen molar-refractivity contribution in [3.63, 3.8) is 0 Å². The number of hydrogen-bond acceptors (Lipinski definition) is 6. The molecule has 9 heteroatoms. The number of rotatable bonds is 3. The fraction of sp³-hybridized carbons (Fsp3) is 0.389. The molecule has 1 atom stereocenters. The lowest BCUT2D eigenvalue weighted by Gasteiger charge is -2.25. The van der Waals surface area contributed by atoms with E-state index < -0.39 is 0 Å². The number of thiazole rings is 1. The molecule has 2 amide bonds. The predicted molar refractivity (Wildman–Crippen MR) is 101 cm³/mol. The van der Waals surface area contributed by atoms with Crippen molar-refractivity contribution in [1.82, 2.24) is 29.4 Å². The molecule has 1 saturated heterocycles. The van der Waals surface area contributed by atoms with E-state index in [0.717, 1.165) is 24.2 Å². The molecule has 8 nitrogen and oxygen atoms in total. The number of carbonyl (C=O) groups excluding carboxylic acids is 2. The van der Waals surface area contributed by atoms with Crippen LogP contribution in [-0.2, 0) is 0 Å².